The van der Waals surface area contributed by atoms with Gasteiger partial charge in [-0.3, -0.25) is 4.79 Å². The van der Waals surface area contributed by atoms with Crippen LogP contribution in [-0.2, 0) is 17.8 Å². The molecule has 0 radical (unpaired) electrons. The molecular weight excluding hydrogens is 371 g/mol. The van der Waals surface area contributed by atoms with Gasteiger partial charge in [0, 0.05) is 17.9 Å². The van der Waals surface area contributed by atoms with Gasteiger partial charge in [0.1, 0.15) is 5.82 Å². The summed E-state index contributed by atoms with van der Waals surface area (Å²) in [5.74, 6) is 0.727. The van der Waals surface area contributed by atoms with Gasteiger partial charge in [0.25, 0.3) is 0 Å². The molecule has 0 heterocycles. The summed E-state index contributed by atoms with van der Waals surface area (Å²) in [7, 11) is 3.21. The second-order valence-corrected chi connectivity index (χ2v) is 6.44. The second-order valence-electron chi connectivity index (χ2n) is 6.44. The van der Waals surface area contributed by atoms with Gasteiger partial charge in [-0.15, -0.1) is 0 Å². The van der Waals surface area contributed by atoms with Crippen molar-refractivity contribution < 1.29 is 18.7 Å². The number of hydrogen-bond acceptors (Lipinski definition) is 4. The first-order chi connectivity index (χ1) is 14.1. The molecule has 0 atom stereocenters. The summed E-state index contributed by atoms with van der Waals surface area (Å²) in [5.41, 5.74) is 2.98. The molecule has 0 saturated carbocycles. The van der Waals surface area contributed by atoms with Crippen LogP contribution in [0.15, 0.2) is 66.7 Å². The number of rotatable bonds is 8. The van der Waals surface area contributed by atoms with Crippen LogP contribution in [-0.4, -0.2) is 20.1 Å². The Morgan fingerprint density at radius 1 is 0.897 bits per heavy atom. The fraction of sp³-hybridized carbons (Fsp3) is 0.174. The summed E-state index contributed by atoms with van der Waals surface area (Å²) in [4.78, 5) is 12.1. The van der Waals surface area contributed by atoms with Crippen molar-refractivity contribution in [1.82, 2.24) is 0 Å². The van der Waals surface area contributed by atoms with Gasteiger partial charge < -0.3 is 20.1 Å². The quantitative estimate of drug-likeness (QED) is 0.585. The SMILES string of the molecule is COc1ccc(CNc2ccc(NC(=O)Cc3ccccc3F)cc2)cc1OC. The molecule has 0 saturated heterocycles. The number of benzene rings is 3. The average Bonchev–Trinajstić information content (AvgIpc) is 2.74. The van der Waals surface area contributed by atoms with E-state index in [1.165, 1.54) is 6.07 Å². The molecule has 3 aromatic carbocycles. The zero-order chi connectivity index (χ0) is 20.6. The van der Waals surface area contributed by atoms with Gasteiger partial charge in [0.15, 0.2) is 11.5 Å². The Bertz CT molecular complexity index is 974. The molecule has 0 fully saturated rings. The Morgan fingerprint density at radius 2 is 1.59 bits per heavy atom. The third kappa shape index (κ3) is 5.48. The second kappa shape index (κ2) is 9.59. The molecule has 29 heavy (non-hydrogen) atoms. The third-order valence-electron chi connectivity index (χ3n) is 4.42. The Morgan fingerprint density at radius 3 is 2.28 bits per heavy atom. The van der Waals surface area contributed by atoms with Crippen molar-refractivity contribution in [3.8, 4) is 11.5 Å². The monoisotopic (exact) mass is 394 g/mol. The number of anilines is 2. The predicted octanol–water partition coefficient (Wildman–Crippen LogP) is 4.64. The van der Waals surface area contributed by atoms with Gasteiger partial charge in [-0.05, 0) is 53.6 Å². The molecule has 0 aromatic heterocycles. The van der Waals surface area contributed by atoms with Crippen LogP contribution in [0, 0.1) is 5.82 Å². The highest BCUT2D eigenvalue weighted by molar-refractivity contribution is 5.92. The predicted molar refractivity (Wildman–Crippen MR) is 112 cm³/mol. The van der Waals surface area contributed by atoms with Crippen LogP contribution in [0.5, 0.6) is 11.5 Å². The minimum absolute atomic E-state index is 0.00796. The molecule has 0 bridgehead atoms. The van der Waals surface area contributed by atoms with Crippen LogP contribution in [0.3, 0.4) is 0 Å². The van der Waals surface area contributed by atoms with Gasteiger partial charge >= 0.3 is 0 Å². The van der Waals surface area contributed by atoms with E-state index in [4.69, 9.17) is 9.47 Å². The maximum atomic E-state index is 13.7. The number of methoxy groups -OCH3 is 2. The van der Waals surface area contributed by atoms with Crippen molar-refractivity contribution in [1.29, 1.82) is 0 Å². The van der Waals surface area contributed by atoms with E-state index in [0.29, 0.717) is 29.3 Å². The third-order valence-corrected chi connectivity index (χ3v) is 4.42. The Balaban J connectivity index is 1.55. The minimum Gasteiger partial charge on any atom is -0.493 e. The summed E-state index contributed by atoms with van der Waals surface area (Å²) in [5, 5.41) is 6.10. The van der Waals surface area contributed by atoms with Crippen LogP contribution >= 0.6 is 0 Å². The zero-order valence-electron chi connectivity index (χ0n) is 16.4. The van der Waals surface area contributed by atoms with Crippen molar-refractivity contribution in [3.05, 3.63) is 83.7 Å². The maximum Gasteiger partial charge on any atom is 0.228 e. The smallest absolute Gasteiger partial charge is 0.228 e. The molecule has 3 aromatic rings. The average molecular weight is 394 g/mol. The summed E-state index contributed by atoms with van der Waals surface area (Å²) in [6.45, 7) is 0.610. The van der Waals surface area contributed by atoms with E-state index in [2.05, 4.69) is 10.6 Å². The van der Waals surface area contributed by atoms with Crippen LogP contribution in [0.4, 0.5) is 15.8 Å². The number of carbonyl (C=O) groups is 1. The minimum atomic E-state index is -0.377. The lowest BCUT2D eigenvalue weighted by molar-refractivity contribution is -0.115. The number of amides is 1. The van der Waals surface area contributed by atoms with Crippen molar-refractivity contribution in [3.63, 3.8) is 0 Å². The first kappa shape index (κ1) is 20.2. The molecule has 0 spiro atoms. The van der Waals surface area contributed by atoms with E-state index in [0.717, 1.165) is 11.3 Å². The fourth-order valence-corrected chi connectivity index (χ4v) is 2.89. The lowest BCUT2D eigenvalue weighted by Crippen LogP contribution is -2.15. The van der Waals surface area contributed by atoms with Crippen LogP contribution < -0.4 is 20.1 Å². The van der Waals surface area contributed by atoms with Gasteiger partial charge in [-0.1, -0.05) is 24.3 Å². The van der Waals surface area contributed by atoms with Gasteiger partial charge in [0.05, 0.1) is 20.6 Å². The van der Waals surface area contributed by atoms with Crippen molar-refractivity contribution in [2.24, 2.45) is 0 Å². The topological polar surface area (TPSA) is 59.6 Å². The van der Waals surface area contributed by atoms with Crippen molar-refractivity contribution in [2.75, 3.05) is 24.9 Å². The van der Waals surface area contributed by atoms with E-state index in [9.17, 15) is 9.18 Å². The lowest BCUT2D eigenvalue weighted by Gasteiger charge is -2.11. The number of nitrogens with one attached hydrogen (secondary N) is 2. The highest BCUT2D eigenvalue weighted by Gasteiger charge is 2.08. The van der Waals surface area contributed by atoms with Crippen molar-refractivity contribution >= 4 is 17.3 Å². The first-order valence-corrected chi connectivity index (χ1v) is 9.17. The summed E-state index contributed by atoms with van der Waals surface area (Å²) in [6.07, 6.45) is -0.00796. The van der Waals surface area contributed by atoms with Gasteiger partial charge in [0.2, 0.25) is 5.91 Å². The fourth-order valence-electron chi connectivity index (χ4n) is 2.89. The molecular formula is C23H23FN2O3. The highest BCUT2D eigenvalue weighted by Crippen LogP contribution is 2.28. The van der Waals surface area contributed by atoms with Crippen molar-refractivity contribution in [2.45, 2.75) is 13.0 Å². The summed E-state index contributed by atoms with van der Waals surface area (Å²) in [6, 6.07) is 19.4. The number of halogens is 1. The molecule has 0 aliphatic carbocycles. The normalized spacial score (nSPS) is 10.3. The molecule has 6 heteroatoms. The van der Waals surface area contributed by atoms with E-state index in [1.807, 2.05) is 30.3 Å². The van der Waals surface area contributed by atoms with Crippen LogP contribution in [0.2, 0.25) is 0 Å². The van der Waals surface area contributed by atoms with E-state index < -0.39 is 0 Å². The van der Waals surface area contributed by atoms with Crippen LogP contribution in [0.25, 0.3) is 0 Å². The maximum absolute atomic E-state index is 13.7. The Hall–Kier alpha value is -3.54. The Labute approximate surface area is 169 Å². The molecule has 1 amide bonds. The molecule has 0 aliphatic rings. The van der Waals surface area contributed by atoms with Crippen LogP contribution in [0.1, 0.15) is 11.1 Å². The van der Waals surface area contributed by atoms with E-state index in [-0.39, 0.29) is 18.1 Å². The molecule has 0 unspecified atom stereocenters. The van der Waals surface area contributed by atoms with E-state index >= 15 is 0 Å². The lowest BCUT2D eigenvalue weighted by atomic mass is 10.1. The first-order valence-electron chi connectivity index (χ1n) is 9.17. The summed E-state index contributed by atoms with van der Waals surface area (Å²) < 4.78 is 24.2. The summed E-state index contributed by atoms with van der Waals surface area (Å²) >= 11 is 0. The Kier molecular flexibility index (Phi) is 6.68. The number of ether oxygens (including phenoxy) is 2. The largest absolute Gasteiger partial charge is 0.493 e. The highest BCUT2D eigenvalue weighted by atomic mass is 19.1. The van der Waals surface area contributed by atoms with Gasteiger partial charge in [-0.2, -0.15) is 0 Å². The van der Waals surface area contributed by atoms with Gasteiger partial charge in [-0.25, -0.2) is 4.39 Å². The number of hydrogen-bond donors (Lipinski definition) is 2. The molecule has 3 rings (SSSR count). The molecule has 2 N–H and O–H groups in total. The standard InChI is InChI=1S/C23H23FN2O3/c1-28-21-12-7-16(13-22(21)29-2)15-25-18-8-10-19(11-9-18)26-23(27)14-17-5-3-4-6-20(17)24/h3-13,25H,14-15H2,1-2H3,(H,26,27). The molecule has 0 aliphatic heterocycles. The zero-order valence-corrected chi connectivity index (χ0v) is 16.4. The molecule has 150 valence electrons. The molecule has 5 nitrogen and oxygen atoms in total. The number of carbonyl (C=O) groups excluding carboxylic acids is 1. The van der Waals surface area contributed by atoms with E-state index in [1.54, 1.807) is 44.6 Å².